The summed E-state index contributed by atoms with van der Waals surface area (Å²) in [4.78, 5) is 14.9. The first kappa shape index (κ1) is 14.3. The highest BCUT2D eigenvalue weighted by atomic mass is 79.9. The average Bonchev–Trinajstić information content (AvgIpc) is 2.42. The first-order chi connectivity index (χ1) is 9.19. The zero-order chi connectivity index (χ0) is 13.7. The lowest BCUT2D eigenvalue weighted by Gasteiger charge is -2.31. The van der Waals surface area contributed by atoms with Crippen LogP contribution in [0.3, 0.4) is 0 Å². The predicted molar refractivity (Wildman–Crippen MR) is 77.1 cm³/mol. The molecule has 1 fully saturated rings. The molecule has 0 saturated carbocycles. The summed E-state index contributed by atoms with van der Waals surface area (Å²) < 4.78 is 6.13. The molecule has 1 amide bonds. The van der Waals surface area contributed by atoms with Crippen LogP contribution in [0.15, 0.2) is 28.7 Å². The maximum Gasteiger partial charge on any atom is 0.410 e. The normalized spacial score (nSPS) is 16.4. The maximum atomic E-state index is 11.6. The van der Waals surface area contributed by atoms with Crippen molar-refractivity contribution in [3.63, 3.8) is 0 Å². The van der Waals surface area contributed by atoms with Gasteiger partial charge in [0.15, 0.2) is 0 Å². The fraction of sp³-hybridized carbons (Fsp3) is 0.500. The Morgan fingerprint density at radius 2 is 1.95 bits per heavy atom. The molecule has 1 aliphatic rings. The van der Waals surface area contributed by atoms with Gasteiger partial charge in [0.25, 0.3) is 0 Å². The molecule has 1 aromatic rings. The summed E-state index contributed by atoms with van der Waals surface area (Å²) >= 11 is 3.44. The van der Waals surface area contributed by atoms with Gasteiger partial charge in [0.05, 0.1) is 32.8 Å². The molecular formula is C14H20BrN2O2+. The lowest BCUT2D eigenvalue weighted by Crippen LogP contribution is -3.13. The van der Waals surface area contributed by atoms with Gasteiger partial charge in [-0.3, -0.25) is 4.90 Å². The van der Waals surface area contributed by atoms with E-state index in [1.165, 1.54) is 10.5 Å². The molecule has 0 unspecified atom stereocenters. The van der Waals surface area contributed by atoms with Crippen molar-refractivity contribution in [1.29, 1.82) is 0 Å². The minimum atomic E-state index is -0.176. The van der Waals surface area contributed by atoms with Gasteiger partial charge in [-0.2, -0.15) is 0 Å². The van der Waals surface area contributed by atoms with Crippen LogP contribution in [-0.4, -0.2) is 43.8 Å². The first-order valence-corrected chi connectivity index (χ1v) is 7.48. The van der Waals surface area contributed by atoms with Crippen molar-refractivity contribution < 1.29 is 14.4 Å². The fourth-order valence-corrected chi connectivity index (χ4v) is 2.55. The van der Waals surface area contributed by atoms with Crippen molar-refractivity contribution in [1.82, 2.24) is 4.90 Å². The van der Waals surface area contributed by atoms with Gasteiger partial charge in [0.1, 0.15) is 6.54 Å². The molecule has 1 N–H and O–H groups in total. The van der Waals surface area contributed by atoms with Crippen molar-refractivity contribution in [2.45, 2.75) is 13.5 Å². The van der Waals surface area contributed by atoms with E-state index in [1.807, 2.05) is 6.92 Å². The Labute approximate surface area is 122 Å². The third kappa shape index (κ3) is 4.21. The highest BCUT2D eigenvalue weighted by molar-refractivity contribution is 9.10. The zero-order valence-electron chi connectivity index (χ0n) is 11.2. The van der Waals surface area contributed by atoms with E-state index >= 15 is 0 Å². The van der Waals surface area contributed by atoms with Gasteiger partial charge in [-0.25, -0.2) is 4.79 Å². The molecule has 1 heterocycles. The van der Waals surface area contributed by atoms with E-state index in [0.29, 0.717) is 6.61 Å². The number of hydrogen-bond donors (Lipinski definition) is 1. The van der Waals surface area contributed by atoms with Crippen molar-refractivity contribution in [3.05, 3.63) is 34.3 Å². The molecular weight excluding hydrogens is 308 g/mol. The van der Waals surface area contributed by atoms with Crippen LogP contribution < -0.4 is 4.90 Å². The van der Waals surface area contributed by atoms with Crippen LogP contribution in [-0.2, 0) is 11.3 Å². The Bertz CT molecular complexity index is 414. The number of benzene rings is 1. The number of quaternary nitrogens is 1. The molecule has 5 heteroatoms. The number of nitrogens with one attached hydrogen (secondary N) is 1. The van der Waals surface area contributed by atoms with Crippen LogP contribution in [0, 0.1) is 0 Å². The number of piperazine rings is 1. The molecule has 2 rings (SSSR count). The molecule has 0 radical (unpaired) electrons. The number of amides is 1. The summed E-state index contributed by atoms with van der Waals surface area (Å²) in [5.41, 5.74) is 1.34. The van der Waals surface area contributed by atoms with Crippen LogP contribution in [0.4, 0.5) is 4.79 Å². The summed E-state index contributed by atoms with van der Waals surface area (Å²) in [5.74, 6) is 0. The number of ether oxygens (including phenoxy) is 1. The van der Waals surface area contributed by atoms with Crippen molar-refractivity contribution in [2.24, 2.45) is 0 Å². The second kappa shape index (κ2) is 6.91. The van der Waals surface area contributed by atoms with E-state index in [2.05, 4.69) is 40.2 Å². The summed E-state index contributed by atoms with van der Waals surface area (Å²) in [7, 11) is 0. The van der Waals surface area contributed by atoms with Crippen molar-refractivity contribution in [2.75, 3.05) is 32.8 Å². The summed E-state index contributed by atoms with van der Waals surface area (Å²) in [5, 5.41) is 0. The van der Waals surface area contributed by atoms with E-state index in [1.54, 1.807) is 4.90 Å². The van der Waals surface area contributed by atoms with Crippen LogP contribution in [0.2, 0.25) is 0 Å². The van der Waals surface area contributed by atoms with Gasteiger partial charge in [0, 0.05) is 10.0 Å². The maximum absolute atomic E-state index is 11.6. The summed E-state index contributed by atoms with van der Waals surface area (Å²) in [6.07, 6.45) is -0.176. The van der Waals surface area contributed by atoms with E-state index in [0.717, 1.165) is 37.2 Å². The first-order valence-electron chi connectivity index (χ1n) is 6.68. The molecule has 0 spiro atoms. The highest BCUT2D eigenvalue weighted by Gasteiger charge is 2.24. The minimum absolute atomic E-state index is 0.176. The molecule has 0 atom stereocenters. The van der Waals surface area contributed by atoms with Gasteiger partial charge < -0.3 is 9.64 Å². The lowest BCUT2D eigenvalue weighted by molar-refractivity contribution is -0.917. The summed E-state index contributed by atoms with van der Waals surface area (Å²) in [6, 6.07) is 8.44. The van der Waals surface area contributed by atoms with Gasteiger partial charge >= 0.3 is 6.09 Å². The second-order valence-electron chi connectivity index (χ2n) is 4.74. The molecule has 104 valence electrons. The molecule has 0 bridgehead atoms. The Balaban J connectivity index is 1.80. The molecule has 0 aliphatic carbocycles. The second-order valence-corrected chi connectivity index (χ2v) is 5.65. The Morgan fingerprint density at radius 3 is 2.53 bits per heavy atom. The third-order valence-corrected chi connectivity index (χ3v) is 3.89. The third-order valence-electron chi connectivity index (χ3n) is 3.36. The minimum Gasteiger partial charge on any atom is -0.450 e. The number of rotatable bonds is 3. The summed E-state index contributed by atoms with van der Waals surface area (Å²) in [6.45, 7) is 6.83. The molecule has 0 aromatic heterocycles. The number of halogens is 1. The molecule has 1 aromatic carbocycles. The Kier molecular flexibility index (Phi) is 5.22. The fourth-order valence-electron chi connectivity index (χ4n) is 2.29. The quantitative estimate of drug-likeness (QED) is 0.908. The molecule has 1 aliphatic heterocycles. The zero-order valence-corrected chi connectivity index (χ0v) is 12.8. The molecule has 19 heavy (non-hydrogen) atoms. The Hall–Kier alpha value is -1.07. The SMILES string of the molecule is CCOC(=O)N1CC[NH+](Cc2ccc(Br)cc2)CC1. The number of carbonyl (C=O) groups is 1. The van der Waals surface area contributed by atoms with Crippen LogP contribution >= 0.6 is 15.9 Å². The number of hydrogen-bond acceptors (Lipinski definition) is 2. The van der Waals surface area contributed by atoms with E-state index < -0.39 is 0 Å². The van der Waals surface area contributed by atoms with Crippen molar-refractivity contribution >= 4 is 22.0 Å². The highest BCUT2D eigenvalue weighted by Crippen LogP contribution is 2.09. The monoisotopic (exact) mass is 327 g/mol. The smallest absolute Gasteiger partial charge is 0.410 e. The van der Waals surface area contributed by atoms with E-state index in [4.69, 9.17) is 4.74 Å². The van der Waals surface area contributed by atoms with Gasteiger partial charge in [-0.15, -0.1) is 0 Å². The van der Waals surface area contributed by atoms with E-state index in [-0.39, 0.29) is 6.09 Å². The van der Waals surface area contributed by atoms with Crippen molar-refractivity contribution in [3.8, 4) is 0 Å². The topological polar surface area (TPSA) is 34.0 Å². The largest absolute Gasteiger partial charge is 0.450 e. The number of carbonyl (C=O) groups excluding carboxylic acids is 1. The number of nitrogens with zero attached hydrogens (tertiary/aromatic N) is 1. The van der Waals surface area contributed by atoms with Crippen LogP contribution in [0.5, 0.6) is 0 Å². The van der Waals surface area contributed by atoms with Gasteiger partial charge in [-0.05, 0) is 19.1 Å². The van der Waals surface area contributed by atoms with Gasteiger partial charge in [-0.1, -0.05) is 28.1 Å². The van der Waals surface area contributed by atoms with Crippen LogP contribution in [0.25, 0.3) is 0 Å². The molecule has 4 nitrogen and oxygen atoms in total. The lowest BCUT2D eigenvalue weighted by atomic mass is 10.2. The molecule has 1 saturated heterocycles. The van der Waals surface area contributed by atoms with Gasteiger partial charge in [0.2, 0.25) is 0 Å². The standard InChI is InChI=1S/C14H19BrN2O2/c1-2-19-14(18)17-9-7-16(8-10-17)11-12-3-5-13(15)6-4-12/h3-6H,2,7-11H2,1H3/p+1. The predicted octanol–water partition coefficient (Wildman–Crippen LogP) is 1.31. The average molecular weight is 328 g/mol. The van der Waals surface area contributed by atoms with Crippen LogP contribution in [0.1, 0.15) is 12.5 Å². The van der Waals surface area contributed by atoms with E-state index in [9.17, 15) is 4.79 Å². The Morgan fingerprint density at radius 1 is 1.32 bits per heavy atom.